The van der Waals surface area contributed by atoms with Crippen molar-refractivity contribution >= 4 is 29.3 Å². The number of rotatable bonds is 6. The van der Waals surface area contributed by atoms with Gasteiger partial charge in [-0.05, 0) is 49.7 Å². The number of amides is 1. The summed E-state index contributed by atoms with van der Waals surface area (Å²) in [5, 5.41) is 2.57. The van der Waals surface area contributed by atoms with Crippen LogP contribution in [0.5, 0.6) is 0 Å². The Balaban J connectivity index is 1.81. The van der Waals surface area contributed by atoms with E-state index in [1.807, 2.05) is 31.2 Å². The van der Waals surface area contributed by atoms with Crippen molar-refractivity contribution in [3.05, 3.63) is 59.9 Å². The fraction of sp³-hybridized carbons (Fsp3) is 0.222. The molecule has 1 atom stereocenters. The van der Waals surface area contributed by atoms with Gasteiger partial charge in [0.1, 0.15) is 5.82 Å². The number of anilines is 1. The van der Waals surface area contributed by atoms with Crippen molar-refractivity contribution in [2.45, 2.75) is 24.8 Å². The highest BCUT2D eigenvalue weighted by atomic mass is 32.2. The van der Waals surface area contributed by atoms with Gasteiger partial charge in [-0.15, -0.1) is 11.8 Å². The monoisotopic (exact) mass is 347 g/mol. The van der Waals surface area contributed by atoms with E-state index in [4.69, 9.17) is 4.74 Å². The highest BCUT2D eigenvalue weighted by Crippen LogP contribution is 2.22. The zero-order valence-corrected chi connectivity index (χ0v) is 14.2. The van der Waals surface area contributed by atoms with Crippen LogP contribution in [0, 0.1) is 12.7 Å². The summed E-state index contributed by atoms with van der Waals surface area (Å²) in [4.78, 5) is 24.8. The van der Waals surface area contributed by atoms with Gasteiger partial charge in [-0.2, -0.15) is 0 Å². The van der Waals surface area contributed by atoms with Crippen LogP contribution in [-0.2, 0) is 14.3 Å². The molecule has 0 fully saturated rings. The highest BCUT2D eigenvalue weighted by molar-refractivity contribution is 8.00. The minimum Gasteiger partial charge on any atom is -0.452 e. The molecule has 2 aromatic rings. The van der Waals surface area contributed by atoms with Gasteiger partial charge in [-0.3, -0.25) is 9.59 Å². The van der Waals surface area contributed by atoms with E-state index in [1.165, 1.54) is 43.0 Å². The highest BCUT2D eigenvalue weighted by Gasteiger charge is 2.18. The van der Waals surface area contributed by atoms with Crippen molar-refractivity contribution < 1.29 is 18.7 Å². The molecule has 0 bridgehead atoms. The Morgan fingerprint density at radius 1 is 1.17 bits per heavy atom. The molecule has 0 saturated carbocycles. The standard InChI is InChI=1S/C18H18FNO3S/c1-12-5-3-4-6-16(12)24-11-17(21)23-13(2)18(22)20-15-9-7-14(19)8-10-15/h3-10,13H,11H2,1-2H3,(H,20,22)/t13-/m1/s1. The molecule has 0 unspecified atom stereocenters. The van der Waals surface area contributed by atoms with Crippen molar-refractivity contribution in [3.8, 4) is 0 Å². The van der Waals surface area contributed by atoms with Crippen molar-refractivity contribution in [2.75, 3.05) is 11.1 Å². The molecule has 2 aromatic carbocycles. The van der Waals surface area contributed by atoms with Crippen molar-refractivity contribution in [1.82, 2.24) is 0 Å². The van der Waals surface area contributed by atoms with Crippen molar-refractivity contribution in [3.63, 3.8) is 0 Å². The Morgan fingerprint density at radius 3 is 2.50 bits per heavy atom. The third-order valence-electron chi connectivity index (χ3n) is 3.23. The zero-order chi connectivity index (χ0) is 17.5. The van der Waals surface area contributed by atoms with Crippen LogP contribution < -0.4 is 5.32 Å². The van der Waals surface area contributed by atoms with Crippen LogP contribution >= 0.6 is 11.8 Å². The first-order valence-electron chi connectivity index (χ1n) is 7.40. The van der Waals surface area contributed by atoms with E-state index in [9.17, 15) is 14.0 Å². The summed E-state index contributed by atoms with van der Waals surface area (Å²) in [6, 6.07) is 13.1. The number of benzene rings is 2. The summed E-state index contributed by atoms with van der Waals surface area (Å²) >= 11 is 1.37. The van der Waals surface area contributed by atoms with E-state index in [1.54, 1.807) is 0 Å². The topological polar surface area (TPSA) is 55.4 Å². The van der Waals surface area contributed by atoms with E-state index in [-0.39, 0.29) is 11.6 Å². The number of esters is 1. The predicted molar refractivity (Wildman–Crippen MR) is 92.5 cm³/mol. The summed E-state index contributed by atoms with van der Waals surface area (Å²) in [7, 11) is 0. The third kappa shape index (κ3) is 5.38. The Morgan fingerprint density at radius 2 is 1.83 bits per heavy atom. The lowest BCUT2D eigenvalue weighted by Gasteiger charge is -2.13. The van der Waals surface area contributed by atoms with Crippen LogP contribution in [0.2, 0.25) is 0 Å². The predicted octanol–water partition coefficient (Wildman–Crippen LogP) is 3.80. The number of carbonyl (C=O) groups excluding carboxylic acids is 2. The molecule has 1 amide bonds. The molecule has 1 N–H and O–H groups in total. The molecule has 0 spiro atoms. The molecule has 0 aliphatic rings. The number of aryl methyl sites for hydroxylation is 1. The molecule has 24 heavy (non-hydrogen) atoms. The van der Waals surface area contributed by atoms with Crippen LogP contribution in [-0.4, -0.2) is 23.7 Å². The summed E-state index contributed by atoms with van der Waals surface area (Å²) in [6.45, 7) is 3.46. The average Bonchev–Trinajstić information content (AvgIpc) is 2.56. The second-order valence-electron chi connectivity index (χ2n) is 5.18. The minimum atomic E-state index is -0.931. The van der Waals surface area contributed by atoms with E-state index in [0.717, 1.165) is 10.5 Å². The van der Waals surface area contributed by atoms with Gasteiger partial charge < -0.3 is 10.1 Å². The Hall–Kier alpha value is -2.34. The normalized spacial score (nSPS) is 11.6. The number of thioether (sulfide) groups is 1. The van der Waals surface area contributed by atoms with Crippen LogP contribution in [0.3, 0.4) is 0 Å². The smallest absolute Gasteiger partial charge is 0.317 e. The van der Waals surface area contributed by atoms with Gasteiger partial charge in [0.2, 0.25) is 0 Å². The third-order valence-corrected chi connectivity index (χ3v) is 4.38. The minimum absolute atomic E-state index is 0.124. The van der Waals surface area contributed by atoms with E-state index < -0.39 is 18.0 Å². The van der Waals surface area contributed by atoms with E-state index in [0.29, 0.717) is 5.69 Å². The number of carbonyl (C=O) groups is 2. The van der Waals surface area contributed by atoms with Gasteiger partial charge in [0.05, 0.1) is 5.75 Å². The molecular weight excluding hydrogens is 329 g/mol. The molecule has 0 radical (unpaired) electrons. The SMILES string of the molecule is Cc1ccccc1SCC(=O)O[C@H](C)C(=O)Nc1ccc(F)cc1. The van der Waals surface area contributed by atoms with E-state index in [2.05, 4.69) is 5.32 Å². The quantitative estimate of drug-likeness (QED) is 0.638. The zero-order valence-electron chi connectivity index (χ0n) is 13.4. The molecule has 0 heterocycles. The number of hydrogen-bond acceptors (Lipinski definition) is 4. The number of hydrogen-bond donors (Lipinski definition) is 1. The van der Waals surface area contributed by atoms with Crippen molar-refractivity contribution in [2.24, 2.45) is 0 Å². The molecule has 0 saturated heterocycles. The summed E-state index contributed by atoms with van der Waals surface area (Å²) in [6.07, 6.45) is -0.931. The Labute approximate surface area is 144 Å². The summed E-state index contributed by atoms with van der Waals surface area (Å²) in [5.41, 5.74) is 1.52. The molecule has 0 aromatic heterocycles. The molecular formula is C18H18FNO3S. The summed E-state index contributed by atoms with van der Waals surface area (Å²) in [5.74, 6) is -1.19. The maximum atomic E-state index is 12.8. The van der Waals surface area contributed by atoms with Crippen molar-refractivity contribution in [1.29, 1.82) is 0 Å². The molecule has 4 nitrogen and oxygen atoms in total. The lowest BCUT2D eigenvalue weighted by atomic mass is 10.2. The number of halogens is 1. The van der Waals surface area contributed by atoms with Crippen LogP contribution in [0.4, 0.5) is 10.1 Å². The number of nitrogens with one attached hydrogen (secondary N) is 1. The van der Waals surface area contributed by atoms with Gasteiger partial charge in [0, 0.05) is 10.6 Å². The Kier molecular flexibility index (Phi) is 6.37. The first-order chi connectivity index (χ1) is 11.5. The fourth-order valence-corrected chi connectivity index (χ4v) is 2.73. The Bertz CT molecular complexity index is 718. The summed E-state index contributed by atoms with van der Waals surface area (Å²) < 4.78 is 17.9. The largest absolute Gasteiger partial charge is 0.452 e. The molecule has 2 rings (SSSR count). The lowest BCUT2D eigenvalue weighted by Crippen LogP contribution is -2.30. The van der Waals surface area contributed by atoms with Gasteiger partial charge in [-0.25, -0.2) is 4.39 Å². The molecule has 0 aliphatic heterocycles. The van der Waals surface area contributed by atoms with Gasteiger partial charge in [0.25, 0.3) is 5.91 Å². The molecule has 0 aliphatic carbocycles. The van der Waals surface area contributed by atoms with Crippen LogP contribution in [0.25, 0.3) is 0 Å². The van der Waals surface area contributed by atoms with Gasteiger partial charge in [0.15, 0.2) is 6.10 Å². The van der Waals surface area contributed by atoms with Crippen LogP contribution in [0.1, 0.15) is 12.5 Å². The maximum Gasteiger partial charge on any atom is 0.317 e. The second kappa shape index (κ2) is 8.49. The van der Waals surface area contributed by atoms with Gasteiger partial charge >= 0.3 is 5.97 Å². The lowest BCUT2D eigenvalue weighted by molar-refractivity contribution is -0.150. The first kappa shape index (κ1) is 18.0. The fourth-order valence-electron chi connectivity index (χ4n) is 1.92. The maximum absolute atomic E-state index is 12.8. The average molecular weight is 347 g/mol. The van der Waals surface area contributed by atoms with E-state index >= 15 is 0 Å². The second-order valence-corrected chi connectivity index (χ2v) is 6.20. The number of ether oxygens (including phenoxy) is 1. The molecule has 6 heteroatoms. The first-order valence-corrected chi connectivity index (χ1v) is 8.38. The van der Waals surface area contributed by atoms with Gasteiger partial charge in [-0.1, -0.05) is 18.2 Å². The molecule has 126 valence electrons. The van der Waals surface area contributed by atoms with Crippen LogP contribution in [0.15, 0.2) is 53.4 Å².